The highest BCUT2D eigenvalue weighted by molar-refractivity contribution is 7.99. The van der Waals surface area contributed by atoms with Crippen LogP contribution < -0.4 is 0 Å². The van der Waals surface area contributed by atoms with Crippen LogP contribution in [0.4, 0.5) is 13.2 Å². The molecule has 0 aromatic carbocycles. The average Bonchev–Trinajstić information content (AvgIpc) is 2.90. The van der Waals surface area contributed by atoms with Gasteiger partial charge in [-0.15, -0.1) is 11.8 Å². The molecule has 0 bridgehead atoms. The second-order valence-corrected chi connectivity index (χ2v) is 5.30. The van der Waals surface area contributed by atoms with E-state index >= 15 is 0 Å². The molecule has 0 amide bonds. The van der Waals surface area contributed by atoms with Crippen LogP contribution in [0.5, 0.6) is 0 Å². The third kappa shape index (κ3) is 3.76. The molecule has 0 radical (unpaired) electrons. The van der Waals surface area contributed by atoms with E-state index in [2.05, 4.69) is 10.1 Å². The molecular weight excluding hydrogens is 301 g/mol. The van der Waals surface area contributed by atoms with Gasteiger partial charge in [0.2, 0.25) is 0 Å². The molecule has 0 atom stereocenters. The first kappa shape index (κ1) is 15.4. The molecule has 2 heterocycles. The van der Waals surface area contributed by atoms with Gasteiger partial charge in [-0.1, -0.05) is 0 Å². The number of halogens is 3. The van der Waals surface area contributed by atoms with Crippen molar-refractivity contribution in [2.75, 3.05) is 5.75 Å². The van der Waals surface area contributed by atoms with Crippen molar-refractivity contribution in [1.29, 1.82) is 5.26 Å². The van der Waals surface area contributed by atoms with Gasteiger partial charge in [-0.05, 0) is 19.1 Å². The minimum atomic E-state index is -4.56. The Balaban J connectivity index is 2.22. The number of aromatic nitrogens is 3. The lowest BCUT2D eigenvalue weighted by Crippen LogP contribution is -2.11. The lowest BCUT2D eigenvalue weighted by atomic mass is 10.1. The fourth-order valence-corrected chi connectivity index (χ4v) is 2.73. The summed E-state index contributed by atoms with van der Waals surface area (Å²) in [5.74, 6) is 0.476. The number of pyridine rings is 1. The van der Waals surface area contributed by atoms with Crippen molar-refractivity contribution < 1.29 is 13.2 Å². The Bertz CT molecular complexity index is 659. The topological polar surface area (TPSA) is 54.5 Å². The van der Waals surface area contributed by atoms with Gasteiger partial charge < -0.3 is 0 Å². The van der Waals surface area contributed by atoms with Crippen molar-refractivity contribution in [3.8, 4) is 6.07 Å². The van der Waals surface area contributed by atoms with Gasteiger partial charge in [0.15, 0.2) is 0 Å². The van der Waals surface area contributed by atoms with E-state index in [1.54, 1.807) is 29.2 Å². The summed E-state index contributed by atoms with van der Waals surface area (Å²) in [6.45, 7) is 2.01. The molecule has 0 N–H and O–H groups in total. The molecule has 8 heteroatoms. The molecule has 0 unspecified atom stereocenters. The van der Waals surface area contributed by atoms with Crippen molar-refractivity contribution >= 4 is 11.8 Å². The quantitative estimate of drug-likeness (QED) is 0.813. The van der Waals surface area contributed by atoms with E-state index in [9.17, 15) is 13.2 Å². The SMILES string of the molecule is Cc1cc(C(F)(F)F)c(C#N)c(SCCn2cccn2)n1. The molecule has 21 heavy (non-hydrogen) atoms. The number of hydrogen-bond donors (Lipinski definition) is 0. The molecule has 0 fully saturated rings. The third-order valence-electron chi connectivity index (χ3n) is 2.65. The van der Waals surface area contributed by atoms with Gasteiger partial charge >= 0.3 is 6.18 Å². The molecule has 0 saturated heterocycles. The largest absolute Gasteiger partial charge is 0.417 e. The predicted molar refractivity (Wildman–Crippen MR) is 71.6 cm³/mol. The number of rotatable bonds is 4. The van der Waals surface area contributed by atoms with E-state index in [4.69, 9.17) is 5.26 Å². The molecule has 0 saturated carbocycles. The van der Waals surface area contributed by atoms with Crippen LogP contribution in [-0.4, -0.2) is 20.5 Å². The summed E-state index contributed by atoms with van der Waals surface area (Å²) >= 11 is 1.12. The van der Waals surface area contributed by atoms with Crippen molar-refractivity contribution in [1.82, 2.24) is 14.8 Å². The predicted octanol–water partition coefficient (Wildman–Crippen LogP) is 3.27. The van der Waals surface area contributed by atoms with Crippen molar-refractivity contribution in [3.63, 3.8) is 0 Å². The number of hydrogen-bond acceptors (Lipinski definition) is 4. The second-order valence-electron chi connectivity index (χ2n) is 4.22. The molecule has 0 aliphatic rings. The molecule has 4 nitrogen and oxygen atoms in total. The summed E-state index contributed by atoms with van der Waals surface area (Å²) in [6, 6.07) is 4.28. The fraction of sp³-hybridized carbons (Fsp3) is 0.308. The van der Waals surface area contributed by atoms with Crippen LogP contribution >= 0.6 is 11.8 Å². The molecule has 0 spiro atoms. The molecule has 2 aromatic heterocycles. The standard InChI is InChI=1S/C13H11F3N4S/c1-9-7-11(13(14,15)16)10(8-17)12(19-9)21-6-5-20-4-2-3-18-20/h2-4,7H,5-6H2,1H3. The first-order valence-electron chi connectivity index (χ1n) is 6.01. The van der Waals surface area contributed by atoms with E-state index in [-0.39, 0.29) is 10.7 Å². The van der Waals surface area contributed by atoms with E-state index in [0.29, 0.717) is 12.3 Å². The number of thioether (sulfide) groups is 1. The van der Waals surface area contributed by atoms with Gasteiger partial charge in [0.25, 0.3) is 0 Å². The maximum atomic E-state index is 12.9. The van der Waals surface area contributed by atoms with Crippen molar-refractivity contribution in [3.05, 3.63) is 41.3 Å². The summed E-state index contributed by atoms with van der Waals surface area (Å²) in [5, 5.41) is 13.1. The Morgan fingerprint density at radius 1 is 1.43 bits per heavy atom. The molecule has 2 rings (SSSR count). The summed E-state index contributed by atoms with van der Waals surface area (Å²) in [5.41, 5.74) is -1.11. The van der Waals surface area contributed by atoms with Gasteiger partial charge in [0.05, 0.1) is 17.7 Å². The third-order valence-corrected chi connectivity index (χ3v) is 3.61. The summed E-state index contributed by atoms with van der Waals surface area (Å²) < 4.78 is 40.5. The Kier molecular flexibility index (Phi) is 4.53. The number of alkyl halides is 3. The Morgan fingerprint density at radius 2 is 2.19 bits per heavy atom. The lowest BCUT2D eigenvalue weighted by molar-refractivity contribution is -0.138. The van der Waals surface area contributed by atoms with Crippen LogP contribution in [-0.2, 0) is 12.7 Å². The zero-order valence-corrected chi connectivity index (χ0v) is 11.9. The molecule has 0 aliphatic heterocycles. The minimum absolute atomic E-state index is 0.108. The van der Waals surface area contributed by atoms with Gasteiger partial charge in [-0.25, -0.2) is 4.98 Å². The van der Waals surface area contributed by atoms with Crippen LogP contribution in [0.15, 0.2) is 29.6 Å². The average molecular weight is 312 g/mol. The zero-order valence-electron chi connectivity index (χ0n) is 11.1. The number of nitriles is 1. The van der Waals surface area contributed by atoms with Crippen LogP contribution in [0.25, 0.3) is 0 Å². The second kappa shape index (κ2) is 6.18. The molecule has 110 valence electrons. The highest BCUT2D eigenvalue weighted by Crippen LogP contribution is 2.35. The van der Waals surface area contributed by atoms with E-state index in [0.717, 1.165) is 17.8 Å². The Morgan fingerprint density at radius 3 is 2.76 bits per heavy atom. The maximum Gasteiger partial charge on any atom is 0.417 e. The highest BCUT2D eigenvalue weighted by atomic mass is 32.2. The zero-order chi connectivity index (χ0) is 15.5. The van der Waals surface area contributed by atoms with Gasteiger partial charge in [0, 0.05) is 23.8 Å². The van der Waals surface area contributed by atoms with Crippen molar-refractivity contribution in [2.45, 2.75) is 24.7 Å². The number of nitrogens with zero attached hydrogens (tertiary/aromatic N) is 4. The van der Waals surface area contributed by atoms with Crippen molar-refractivity contribution in [2.24, 2.45) is 0 Å². The summed E-state index contributed by atoms with van der Waals surface area (Å²) in [4.78, 5) is 4.05. The van der Waals surface area contributed by atoms with Gasteiger partial charge in [-0.2, -0.15) is 23.5 Å². The maximum absolute atomic E-state index is 12.9. The summed E-state index contributed by atoms with van der Waals surface area (Å²) in [7, 11) is 0. The summed E-state index contributed by atoms with van der Waals surface area (Å²) in [6.07, 6.45) is -1.18. The fourth-order valence-electron chi connectivity index (χ4n) is 1.75. The van der Waals surface area contributed by atoms with E-state index in [1.807, 2.05) is 0 Å². The molecular formula is C13H11F3N4S. The van der Waals surface area contributed by atoms with Gasteiger partial charge in [0.1, 0.15) is 11.1 Å². The van der Waals surface area contributed by atoms with E-state index < -0.39 is 17.3 Å². The number of aryl methyl sites for hydroxylation is 2. The first-order valence-corrected chi connectivity index (χ1v) is 6.99. The van der Waals surface area contributed by atoms with Crippen LogP contribution in [0.2, 0.25) is 0 Å². The monoisotopic (exact) mass is 312 g/mol. The Hall–Kier alpha value is -2.01. The minimum Gasteiger partial charge on any atom is -0.272 e. The highest BCUT2D eigenvalue weighted by Gasteiger charge is 2.35. The van der Waals surface area contributed by atoms with E-state index in [1.165, 1.54) is 6.92 Å². The molecule has 0 aliphatic carbocycles. The van der Waals surface area contributed by atoms with Crippen LogP contribution in [0, 0.1) is 18.3 Å². The molecule has 2 aromatic rings. The van der Waals surface area contributed by atoms with Crippen LogP contribution in [0.1, 0.15) is 16.8 Å². The Labute approximate surface area is 123 Å². The lowest BCUT2D eigenvalue weighted by Gasteiger charge is -2.12. The normalized spacial score (nSPS) is 11.4. The first-order chi connectivity index (χ1) is 9.91. The van der Waals surface area contributed by atoms with Crippen LogP contribution in [0.3, 0.4) is 0 Å². The van der Waals surface area contributed by atoms with Gasteiger partial charge in [-0.3, -0.25) is 4.68 Å². The smallest absolute Gasteiger partial charge is 0.272 e.